The maximum absolute atomic E-state index is 12.0. The lowest BCUT2D eigenvalue weighted by Gasteiger charge is -2.23. The van der Waals surface area contributed by atoms with Crippen LogP contribution in [0.25, 0.3) is 0 Å². The number of carboxylic acid groups (broad SMARTS) is 1. The Morgan fingerprint density at radius 2 is 2.05 bits per heavy atom. The van der Waals surface area contributed by atoms with Crippen LogP contribution in [0.4, 0.5) is 4.79 Å². The lowest BCUT2D eigenvalue weighted by molar-refractivity contribution is -0.142. The van der Waals surface area contributed by atoms with Gasteiger partial charge in [-0.25, -0.2) is 4.79 Å². The fourth-order valence-electron chi connectivity index (χ4n) is 2.74. The van der Waals surface area contributed by atoms with Gasteiger partial charge in [-0.2, -0.15) is 11.3 Å². The number of aryl methyl sites for hydroxylation is 1. The molecule has 1 fully saturated rings. The van der Waals surface area contributed by atoms with Gasteiger partial charge in [-0.15, -0.1) is 0 Å². The fraction of sp³-hybridized carbons (Fsp3) is 0.600. The third-order valence-electron chi connectivity index (χ3n) is 4.05. The molecule has 116 valence electrons. The van der Waals surface area contributed by atoms with Gasteiger partial charge < -0.3 is 15.7 Å². The quantitative estimate of drug-likeness (QED) is 0.748. The Balaban J connectivity index is 1.87. The van der Waals surface area contributed by atoms with E-state index in [9.17, 15) is 14.7 Å². The number of rotatable bonds is 4. The predicted molar refractivity (Wildman–Crippen MR) is 82.4 cm³/mol. The zero-order valence-corrected chi connectivity index (χ0v) is 13.0. The highest BCUT2D eigenvalue weighted by Gasteiger charge is 2.30. The summed E-state index contributed by atoms with van der Waals surface area (Å²) in [6.07, 6.45) is 4.31. The van der Waals surface area contributed by atoms with Crippen molar-refractivity contribution in [2.24, 2.45) is 5.92 Å². The molecule has 2 unspecified atom stereocenters. The van der Waals surface area contributed by atoms with Crippen LogP contribution in [0.5, 0.6) is 0 Å². The first-order valence-electron chi connectivity index (χ1n) is 7.36. The van der Waals surface area contributed by atoms with Gasteiger partial charge in [-0.3, -0.25) is 4.79 Å². The molecule has 1 saturated carbocycles. The molecule has 1 aromatic rings. The van der Waals surface area contributed by atoms with Crippen molar-refractivity contribution in [2.45, 2.75) is 51.6 Å². The van der Waals surface area contributed by atoms with Gasteiger partial charge in [0.25, 0.3) is 0 Å². The van der Waals surface area contributed by atoms with Crippen molar-refractivity contribution in [3.8, 4) is 0 Å². The van der Waals surface area contributed by atoms with Gasteiger partial charge in [-0.1, -0.05) is 19.3 Å². The molecule has 2 atom stereocenters. The molecule has 1 aromatic heterocycles. The molecular formula is C15H22N2O3S. The standard InChI is InChI=1S/C15H22N2O3S/c1-10-8-21-9-11(10)7-16-15(20)17-13-6-4-2-3-5-12(13)14(18)19/h8-9,12-13H,2-7H2,1H3,(H,18,19)(H2,16,17,20). The molecule has 1 aliphatic rings. The molecule has 0 bridgehead atoms. The van der Waals surface area contributed by atoms with Crippen molar-refractivity contribution < 1.29 is 14.7 Å². The third-order valence-corrected chi connectivity index (χ3v) is 4.96. The lowest BCUT2D eigenvalue weighted by atomic mass is 9.95. The van der Waals surface area contributed by atoms with E-state index in [1.807, 2.05) is 17.7 Å². The second-order valence-corrected chi connectivity index (χ2v) is 6.34. The SMILES string of the molecule is Cc1cscc1CNC(=O)NC1CCCCCC1C(=O)O. The van der Waals surface area contributed by atoms with Crippen LogP contribution >= 0.6 is 11.3 Å². The van der Waals surface area contributed by atoms with Gasteiger partial charge >= 0.3 is 12.0 Å². The first kappa shape index (κ1) is 15.8. The van der Waals surface area contributed by atoms with Gasteiger partial charge in [0, 0.05) is 12.6 Å². The summed E-state index contributed by atoms with van der Waals surface area (Å²) in [6.45, 7) is 2.49. The third kappa shape index (κ3) is 4.46. The number of aliphatic carboxylic acids is 1. The van der Waals surface area contributed by atoms with Crippen molar-refractivity contribution in [1.82, 2.24) is 10.6 Å². The normalized spacial score (nSPS) is 22.3. The Morgan fingerprint density at radius 3 is 2.71 bits per heavy atom. The molecule has 21 heavy (non-hydrogen) atoms. The number of amides is 2. The van der Waals surface area contributed by atoms with E-state index >= 15 is 0 Å². The van der Waals surface area contributed by atoms with Crippen molar-refractivity contribution in [3.05, 3.63) is 21.9 Å². The Morgan fingerprint density at radius 1 is 1.29 bits per heavy atom. The largest absolute Gasteiger partial charge is 0.481 e. The highest BCUT2D eigenvalue weighted by molar-refractivity contribution is 7.08. The molecule has 0 aliphatic heterocycles. The van der Waals surface area contributed by atoms with E-state index in [0.717, 1.165) is 36.8 Å². The summed E-state index contributed by atoms with van der Waals surface area (Å²) >= 11 is 1.61. The molecule has 5 nitrogen and oxygen atoms in total. The van der Waals surface area contributed by atoms with E-state index in [-0.39, 0.29) is 12.1 Å². The Kier molecular flexibility index (Phi) is 5.61. The van der Waals surface area contributed by atoms with Gasteiger partial charge in [0.15, 0.2) is 0 Å². The van der Waals surface area contributed by atoms with Crippen molar-refractivity contribution in [1.29, 1.82) is 0 Å². The predicted octanol–water partition coefficient (Wildman–Crippen LogP) is 2.89. The highest BCUT2D eigenvalue weighted by atomic mass is 32.1. The fourth-order valence-corrected chi connectivity index (χ4v) is 3.60. The van der Waals surface area contributed by atoms with Gasteiger partial charge in [0.2, 0.25) is 0 Å². The molecule has 2 rings (SSSR count). The highest BCUT2D eigenvalue weighted by Crippen LogP contribution is 2.23. The van der Waals surface area contributed by atoms with Crippen LogP contribution in [0.2, 0.25) is 0 Å². The first-order valence-corrected chi connectivity index (χ1v) is 8.31. The van der Waals surface area contributed by atoms with E-state index in [0.29, 0.717) is 13.0 Å². The van der Waals surface area contributed by atoms with Crippen LogP contribution in [-0.4, -0.2) is 23.1 Å². The number of hydrogen-bond acceptors (Lipinski definition) is 3. The minimum Gasteiger partial charge on any atom is -0.481 e. The van der Waals surface area contributed by atoms with Gasteiger partial charge in [0.1, 0.15) is 0 Å². The van der Waals surface area contributed by atoms with Crippen molar-refractivity contribution in [2.75, 3.05) is 0 Å². The van der Waals surface area contributed by atoms with Crippen LogP contribution in [0.3, 0.4) is 0 Å². The summed E-state index contributed by atoms with van der Waals surface area (Å²) in [6, 6.07) is -0.549. The number of urea groups is 1. The maximum Gasteiger partial charge on any atom is 0.315 e. The molecule has 6 heteroatoms. The summed E-state index contributed by atoms with van der Waals surface area (Å²) in [5, 5.41) is 19.0. The Labute approximate surface area is 128 Å². The molecular weight excluding hydrogens is 288 g/mol. The molecule has 3 N–H and O–H groups in total. The van der Waals surface area contributed by atoms with E-state index in [4.69, 9.17) is 0 Å². The lowest BCUT2D eigenvalue weighted by Crippen LogP contribution is -2.47. The zero-order chi connectivity index (χ0) is 15.2. The summed E-state index contributed by atoms with van der Waals surface area (Å²) in [7, 11) is 0. The number of carbonyl (C=O) groups excluding carboxylic acids is 1. The molecule has 0 aromatic carbocycles. The molecule has 0 saturated heterocycles. The number of carbonyl (C=O) groups is 2. The van der Waals surface area contributed by atoms with E-state index in [2.05, 4.69) is 10.6 Å². The van der Waals surface area contributed by atoms with Gasteiger partial charge in [0.05, 0.1) is 5.92 Å². The Hall–Kier alpha value is -1.56. The summed E-state index contributed by atoms with van der Waals surface area (Å²) < 4.78 is 0. The number of hydrogen-bond donors (Lipinski definition) is 3. The molecule has 1 heterocycles. The Bertz CT molecular complexity index is 501. The van der Waals surface area contributed by atoms with Crippen LogP contribution in [0.1, 0.15) is 43.2 Å². The average Bonchev–Trinajstić information content (AvgIpc) is 2.70. The van der Waals surface area contributed by atoms with Crippen molar-refractivity contribution >= 4 is 23.3 Å². The van der Waals surface area contributed by atoms with E-state index in [1.165, 1.54) is 0 Å². The second kappa shape index (κ2) is 7.45. The molecule has 2 amide bonds. The summed E-state index contributed by atoms with van der Waals surface area (Å²) in [5.41, 5.74) is 2.27. The van der Waals surface area contributed by atoms with Crippen molar-refractivity contribution in [3.63, 3.8) is 0 Å². The summed E-state index contributed by atoms with van der Waals surface area (Å²) in [5.74, 6) is -1.28. The zero-order valence-electron chi connectivity index (χ0n) is 12.2. The number of thiophene rings is 1. The average molecular weight is 310 g/mol. The maximum atomic E-state index is 12.0. The minimum absolute atomic E-state index is 0.270. The van der Waals surface area contributed by atoms with Gasteiger partial charge in [-0.05, 0) is 41.7 Å². The molecule has 0 spiro atoms. The van der Waals surface area contributed by atoms with Crippen LogP contribution < -0.4 is 10.6 Å². The summed E-state index contributed by atoms with van der Waals surface area (Å²) in [4.78, 5) is 23.3. The topological polar surface area (TPSA) is 78.4 Å². The molecule has 0 radical (unpaired) electrons. The van der Waals surface area contributed by atoms with Crippen LogP contribution in [-0.2, 0) is 11.3 Å². The van der Waals surface area contributed by atoms with E-state index in [1.54, 1.807) is 11.3 Å². The smallest absolute Gasteiger partial charge is 0.315 e. The first-order chi connectivity index (χ1) is 10.1. The number of nitrogens with one attached hydrogen (secondary N) is 2. The monoisotopic (exact) mass is 310 g/mol. The van der Waals surface area contributed by atoms with Crippen LogP contribution in [0.15, 0.2) is 10.8 Å². The minimum atomic E-state index is -0.809. The number of carboxylic acids is 1. The van der Waals surface area contributed by atoms with Crippen LogP contribution in [0, 0.1) is 12.8 Å². The molecule has 1 aliphatic carbocycles. The second-order valence-electron chi connectivity index (χ2n) is 5.60. The van der Waals surface area contributed by atoms with E-state index < -0.39 is 11.9 Å².